The Bertz CT molecular complexity index is 999. The zero-order valence-corrected chi connectivity index (χ0v) is 16.9. The fourth-order valence-corrected chi connectivity index (χ4v) is 4.24. The smallest absolute Gasteiger partial charge is 0.296 e. The lowest BCUT2D eigenvalue weighted by atomic mass is 9.85. The number of ether oxygens (including phenoxy) is 1. The van der Waals surface area contributed by atoms with E-state index >= 15 is 0 Å². The number of nitrogens with zero attached hydrogens (tertiary/aromatic N) is 3. The average Bonchev–Trinajstić information content (AvgIpc) is 2.75. The Labute approximate surface area is 173 Å². The second kappa shape index (κ2) is 8.16. The summed E-state index contributed by atoms with van der Waals surface area (Å²) in [5.74, 6) is -0.622. The van der Waals surface area contributed by atoms with Crippen LogP contribution in [0.3, 0.4) is 0 Å². The van der Waals surface area contributed by atoms with Crippen LogP contribution in [0, 0.1) is 5.82 Å². The zero-order valence-electron chi connectivity index (χ0n) is 16.9. The summed E-state index contributed by atoms with van der Waals surface area (Å²) >= 11 is 0. The first-order chi connectivity index (χ1) is 14.4. The van der Waals surface area contributed by atoms with Gasteiger partial charge in [-0.05, 0) is 37.6 Å². The maximum atomic E-state index is 13.0. The number of amides is 1. The number of aromatic hydroxyl groups is 1. The number of fused-ring (bicyclic) bond motifs is 2. The minimum absolute atomic E-state index is 0.0732. The molecule has 4 rings (SSSR count). The van der Waals surface area contributed by atoms with Crippen molar-refractivity contribution in [3.63, 3.8) is 0 Å². The highest BCUT2D eigenvalue weighted by Gasteiger charge is 2.45. The Hall–Kier alpha value is -2.78. The molecule has 9 heteroatoms. The van der Waals surface area contributed by atoms with Crippen LogP contribution >= 0.6 is 0 Å². The number of rotatable bonds is 4. The van der Waals surface area contributed by atoms with Gasteiger partial charge in [-0.2, -0.15) is 0 Å². The fraction of sp³-hybridized carbons (Fsp3) is 0.476. The molecule has 2 aliphatic heterocycles. The van der Waals surface area contributed by atoms with Crippen molar-refractivity contribution in [1.29, 1.82) is 0 Å². The normalized spacial score (nSPS) is 18.2. The molecular weight excluding hydrogens is 391 g/mol. The largest absolute Gasteiger partial charge is 0.502 e. The molecule has 2 N–H and O–H groups in total. The average molecular weight is 416 g/mol. The molecule has 2 aliphatic rings. The van der Waals surface area contributed by atoms with Crippen LogP contribution in [0.1, 0.15) is 29.9 Å². The molecule has 0 bridgehead atoms. The lowest BCUT2D eigenvalue weighted by molar-refractivity contribution is -0.120. The third-order valence-electron chi connectivity index (χ3n) is 6.07. The van der Waals surface area contributed by atoms with Crippen molar-refractivity contribution in [2.45, 2.75) is 37.9 Å². The van der Waals surface area contributed by atoms with E-state index in [1.54, 1.807) is 12.1 Å². The number of hydrogen-bond donors (Lipinski definition) is 2. The van der Waals surface area contributed by atoms with Crippen LogP contribution < -0.4 is 10.9 Å². The molecule has 0 unspecified atom stereocenters. The number of aromatic nitrogens is 2. The lowest BCUT2D eigenvalue weighted by Crippen LogP contribution is -2.56. The summed E-state index contributed by atoms with van der Waals surface area (Å²) in [4.78, 5) is 32.1. The number of carbonyl (C=O) groups excluding carboxylic acids is 1. The number of hydrogen-bond acceptors (Lipinski definition) is 6. The lowest BCUT2D eigenvalue weighted by Gasteiger charge is -2.47. The van der Waals surface area contributed by atoms with E-state index in [9.17, 15) is 19.1 Å². The van der Waals surface area contributed by atoms with Gasteiger partial charge in [0.15, 0.2) is 0 Å². The Kier molecular flexibility index (Phi) is 5.57. The quantitative estimate of drug-likeness (QED) is 0.769. The first-order valence-corrected chi connectivity index (χ1v) is 10.0. The molecule has 0 saturated carbocycles. The van der Waals surface area contributed by atoms with Crippen molar-refractivity contribution in [2.75, 3.05) is 26.8 Å². The highest BCUT2D eigenvalue weighted by atomic mass is 19.1. The molecule has 0 aliphatic carbocycles. The van der Waals surface area contributed by atoms with Crippen LogP contribution in [0.25, 0.3) is 0 Å². The van der Waals surface area contributed by atoms with Crippen LogP contribution in [0.2, 0.25) is 0 Å². The molecule has 1 amide bonds. The van der Waals surface area contributed by atoms with Gasteiger partial charge in [-0.1, -0.05) is 12.1 Å². The van der Waals surface area contributed by atoms with Crippen molar-refractivity contribution < 1.29 is 19.0 Å². The Balaban J connectivity index is 1.58. The predicted octanol–water partition coefficient (Wildman–Crippen LogP) is 0.898. The van der Waals surface area contributed by atoms with E-state index in [4.69, 9.17) is 4.74 Å². The number of likely N-dealkylation sites (N-methyl/N-ethyl adjacent to an activating group) is 1. The van der Waals surface area contributed by atoms with Gasteiger partial charge in [-0.15, -0.1) is 0 Å². The molecule has 1 aromatic carbocycles. The van der Waals surface area contributed by atoms with Crippen molar-refractivity contribution >= 4 is 5.91 Å². The summed E-state index contributed by atoms with van der Waals surface area (Å²) < 4.78 is 20.0. The second-order valence-corrected chi connectivity index (χ2v) is 7.83. The maximum absolute atomic E-state index is 13.0. The monoisotopic (exact) mass is 416 g/mol. The summed E-state index contributed by atoms with van der Waals surface area (Å²) in [6.45, 7) is 2.45. The molecule has 2 aromatic rings. The third-order valence-corrected chi connectivity index (χ3v) is 6.07. The molecule has 1 fully saturated rings. The van der Waals surface area contributed by atoms with E-state index in [-0.39, 0.29) is 30.4 Å². The highest BCUT2D eigenvalue weighted by molar-refractivity contribution is 5.78. The predicted molar refractivity (Wildman–Crippen MR) is 106 cm³/mol. The molecular formula is C21H25FN4O4. The van der Waals surface area contributed by atoms with Crippen molar-refractivity contribution in [2.24, 2.45) is 0 Å². The van der Waals surface area contributed by atoms with Crippen LogP contribution in [0.5, 0.6) is 5.75 Å². The van der Waals surface area contributed by atoms with E-state index in [2.05, 4.69) is 15.2 Å². The van der Waals surface area contributed by atoms with Crippen molar-refractivity contribution in [1.82, 2.24) is 19.8 Å². The molecule has 30 heavy (non-hydrogen) atoms. The second-order valence-electron chi connectivity index (χ2n) is 7.83. The van der Waals surface area contributed by atoms with E-state index in [1.165, 1.54) is 16.7 Å². The Morgan fingerprint density at radius 3 is 2.67 bits per heavy atom. The maximum Gasteiger partial charge on any atom is 0.296 e. The molecule has 160 valence electrons. The van der Waals surface area contributed by atoms with Crippen molar-refractivity contribution in [3.05, 3.63) is 57.5 Å². The molecule has 0 atom stereocenters. The molecule has 0 radical (unpaired) electrons. The van der Waals surface area contributed by atoms with E-state index in [0.717, 1.165) is 5.56 Å². The van der Waals surface area contributed by atoms with Gasteiger partial charge in [0.05, 0.1) is 17.7 Å². The summed E-state index contributed by atoms with van der Waals surface area (Å²) in [6.07, 6.45) is 1.17. The topological polar surface area (TPSA) is 96.7 Å². The van der Waals surface area contributed by atoms with E-state index in [0.29, 0.717) is 45.0 Å². The van der Waals surface area contributed by atoms with Gasteiger partial charge in [0.1, 0.15) is 11.6 Å². The summed E-state index contributed by atoms with van der Waals surface area (Å²) in [6, 6.07) is 5.81. The van der Waals surface area contributed by atoms with Crippen molar-refractivity contribution in [3.8, 4) is 5.75 Å². The number of halogens is 1. The summed E-state index contributed by atoms with van der Waals surface area (Å²) in [5, 5.41) is 13.1. The van der Waals surface area contributed by atoms with Crippen LogP contribution in [-0.4, -0.2) is 52.3 Å². The SMILES string of the molecule is CN1CCn2c(nc(CC(=O)NCc3ccc(F)cc3)c(O)c2=O)C12CCOCC2. The number of benzene rings is 1. The first kappa shape index (κ1) is 20.5. The minimum Gasteiger partial charge on any atom is -0.502 e. The van der Waals surface area contributed by atoms with Gasteiger partial charge < -0.3 is 15.2 Å². The molecule has 1 spiro atoms. The number of nitrogens with one attached hydrogen (secondary N) is 1. The van der Waals surface area contributed by atoms with Gasteiger partial charge in [-0.3, -0.25) is 19.1 Å². The third kappa shape index (κ3) is 3.70. The molecule has 1 saturated heterocycles. The number of carbonyl (C=O) groups is 1. The van der Waals surface area contributed by atoms with Gasteiger partial charge in [0.25, 0.3) is 5.56 Å². The summed E-state index contributed by atoms with van der Waals surface area (Å²) in [5.41, 5.74) is -0.137. The minimum atomic E-state index is -0.514. The van der Waals surface area contributed by atoms with Gasteiger partial charge in [0.2, 0.25) is 11.7 Å². The first-order valence-electron chi connectivity index (χ1n) is 10.0. The standard InChI is InChI=1S/C21H25FN4O4/c1-25-8-9-26-19(29)18(28)16(24-20(26)21(25)6-10-30-11-7-21)12-17(27)23-13-14-2-4-15(22)5-3-14/h2-5,28H,6-13H2,1H3,(H,23,27). The van der Waals surface area contributed by atoms with E-state index in [1.807, 2.05) is 7.05 Å². The fourth-order valence-electron chi connectivity index (χ4n) is 4.24. The highest BCUT2D eigenvalue weighted by Crippen LogP contribution is 2.38. The van der Waals surface area contributed by atoms with Crippen LogP contribution in [0.4, 0.5) is 4.39 Å². The van der Waals surface area contributed by atoms with Crippen LogP contribution in [-0.2, 0) is 34.6 Å². The van der Waals surface area contributed by atoms with E-state index < -0.39 is 16.8 Å². The Morgan fingerprint density at radius 2 is 1.97 bits per heavy atom. The van der Waals surface area contributed by atoms with Crippen LogP contribution in [0.15, 0.2) is 29.1 Å². The zero-order chi connectivity index (χ0) is 21.3. The molecule has 1 aromatic heterocycles. The van der Waals surface area contributed by atoms with Gasteiger partial charge in [-0.25, -0.2) is 9.37 Å². The summed E-state index contributed by atoms with van der Waals surface area (Å²) in [7, 11) is 2.00. The molecule has 8 nitrogen and oxygen atoms in total. The van der Waals surface area contributed by atoms with Gasteiger partial charge in [0, 0.05) is 32.8 Å². The Morgan fingerprint density at radius 1 is 1.27 bits per heavy atom. The van der Waals surface area contributed by atoms with Gasteiger partial charge >= 0.3 is 0 Å². The molecule has 3 heterocycles.